The summed E-state index contributed by atoms with van der Waals surface area (Å²) < 4.78 is 66.8. The second-order valence-electron chi connectivity index (χ2n) is 15.9. The van der Waals surface area contributed by atoms with Gasteiger partial charge in [0.25, 0.3) is 0 Å². The molecule has 6 heterocycles. The van der Waals surface area contributed by atoms with Gasteiger partial charge in [-0.05, 0) is 66.2 Å². The molecule has 8 rings (SSSR count). The van der Waals surface area contributed by atoms with Crippen LogP contribution in [0.25, 0.3) is 22.2 Å². The molecule has 308 valence electrons. The average Bonchev–Trinajstić information content (AvgIpc) is 3.81. The quantitative estimate of drug-likeness (QED) is 0.125. The minimum Gasteiger partial charge on any atom is -0.378 e. The van der Waals surface area contributed by atoms with Crippen molar-refractivity contribution < 1.29 is 31.0 Å². The molecule has 0 bridgehead atoms. The molecule has 3 aliphatic heterocycles. The fourth-order valence-electron chi connectivity index (χ4n) is 6.93. The number of aromatic nitrogens is 4. The highest BCUT2D eigenvalue weighted by Crippen LogP contribution is 2.32. The lowest BCUT2D eigenvalue weighted by atomic mass is 10.0. The van der Waals surface area contributed by atoms with Gasteiger partial charge in [-0.1, -0.05) is 25.7 Å². The molecule has 3 aliphatic rings. The lowest BCUT2D eigenvalue weighted by molar-refractivity contribution is 0.0818. The highest BCUT2D eigenvalue weighted by molar-refractivity contribution is 7.91. The Morgan fingerprint density at radius 1 is 0.724 bits per heavy atom. The molecule has 0 spiro atoms. The van der Waals surface area contributed by atoms with Gasteiger partial charge in [0.15, 0.2) is 19.7 Å². The summed E-state index contributed by atoms with van der Waals surface area (Å²) in [5.74, 6) is 1.76. The van der Waals surface area contributed by atoms with Crippen LogP contribution in [-0.2, 0) is 47.2 Å². The fourth-order valence-corrected chi connectivity index (χ4v) is 8.98. The highest BCUT2D eigenvalue weighted by Gasteiger charge is 2.23. The van der Waals surface area contributed by atoms with Gasteiger partial charge in [0.05, 0.1) is 54.0 Å². The zero-order valence-corrected chi connectivity index (χ0v) is 36.4. The van der Waals surface area contributed by atoms with E-state index in [1.165, 1.54) is 12.5 Å². The standard InChI is InChI=1S/C23H32N4O4SSi.C18H19N3O3S/c1-32(28,29)19-5-6-21-20(16-19)23(25-27(21)17-31-13-14-33(2,3)4)18-7-8-24-22(15-18)26-9-11-30-12-10-26;1-25(22,23)15-3-2-14-12-20-18(16(14)11-15)13-4-5-19-17(10-13)21-6-8-24-9-7-21/h5-8,15-16H,9-14,17H2,1-4H3;2-5,10-11H,6-9,12H2,1H3. The van der Waals surface area contributed by atoms with Crippen molar-refractivity contribution in [3.63, 3.8) is 0 Å². The second-order valence-corrected chi connectivity index (χ2v) is 25.6. The second kappa shape index (κ2) is 17.4. The molecule has 58 heavy (non-hydrogen) atoms. The molecule has 0 aliphatic carbocycles. The Balaban J connectivity index is 0.000000183. The minimum absolute atomic E-state index is 0.276. The number of ether oxygens (including phenoxy) is 3. The van der Waals surface area contributed by atoms with Crippen LogP contribution in [0.3, 0.4) is 0 Å². The van der Waals surface area contributed by atoms with Crippen LogP contribution in [0.4, 0.5) is 11.6 Å². The fraction of sp³-hybridized carbons (Fsp3) is 0.415. The van der Waals surface area contributed by atoms with Crippen LogP contribution in [0.15, 0.2) is 87.8 Å². The van der Waals surface area contributed by atoms with E-state index in [1.54, 1.807) is 36.7 Å². The molecule has 2 saturated heterocycles. The van der Waals surface area contributed by atoms with Gasteiger partial charge in [0, 0.05) is 87.8 Å². The van der Waals surface area contributed by atoms with E-state index in [2.05, 4.69) is 44.4 Å². The summed E-state index contributed by atoms with van der Waals surface area (Å²) in [6.45, 7) is 14.5. The van der Waals surface area contributed by atoms with Gasteiger partial charge in [0.1, 0.15) is 24.1 Å². The van der Waals surface area contributed by atoms with Crippen LogP contribution >= 0.6 is 0 Å². The lowest BCUT2D eigenvalue weighted by Gasteiger charge is -2.28. The van der Waals surface area contributed by atoms with E-state index >= 15 is 0 Å². The molecule has 0 unspecified atom stereocenters. The molecule has 0 radical (unpaired) electrons. The van der Waals surface area contributed by atoms with Gasteiger partial charge >= 0.3 is 0 Å². The summed E-state index contributed by atoms with van der Waals surface area (Å²) in [5, 5.41) is 5.62. The van der Waals surface area contributed by atoms with E-state index < -0.39 is 27.7 Å². The Kier molecular flexibility index (Phi) is 12.5. The SMILES string of the molecule is CS(=O)(=O)c1ccc2c(c1)C(c1ccnc(N3CCOCC3)c1)=NC2.C[Si](C)(C)CCOCn1nc(-c2ccnc(N3CCOCC3)c2)c2cc(S(C)(=O)=O)ccc21. The summed E-state index contributed by atoms with van der Waals surface area (Å²) >= 11 is 0. The summed E-state index contributed by atoms with van der Waals surface area (Å²) in [7, 11) is -7.78. The van der Waals surface area contributed by atoms with Crippen molar-refractivity contribution in [2.45, 2.75) is 48.8 Å². The van der Waals surface area contributed by atoms with Crippen molar-refractivity contribution in [2.24, 2.45) is 4.99 Å². The van der Waals surface area contributed by atoms with Gasteiger partial charge in [-0.15, -0.1) is 0 Å². The molecule has 17 heteroatoms. The number of fused-ring (bicyclic) bond motifs is 2. The molecule has 0 atom stereocenters. The van der Waals surface area contributed by atoms with Crippen molar-refractivity contribution in [2.75, 3.05) is 81.5 Å². The van der Waals surface area contributed by atoms with E-state index in [-0.39, 0.29) is 4.90 Å². The van der Waals surface area contributed by atoms with Crippen molar-refractivity contribution in [1.29, 1.82) is 0 Å². The van der Waals surface area contributed by atoms with Gasteiger partial charge in [-0.2, -0.15) is 5.10 Å². The van der Waals surface area contributed by atoms with Crippen molar-refractivity contribution >= 4 is 56.0 Å². The highest BCUT2D eigenvalue weighted by atomic mass is 32.2. The first-order valence-corrected chi connectivity index (χ1v) is 26.9. The Labute approximate surface area is 341 Å². The predicted octanol–water partition coefficient (Wildman–Crippen LogP) is 5.32. The Bertz CT molecular complexity index is 2530. The van der Waals surface area contributed by atoms with Crippen molar-refractivity contribution in [3.8, 4) is 11.3 Å². The maximum Gasteiger partial charge on any atom is 0.175 e. The molecule has 5 aromatic rings. The van der Waals surface area contributed by atoms with Crippen molar-refractivity contribution in [3.05, 3.63) is 89.7 Å². The van der Waals surface area contributed by atoms with Gasteiger partial charge in [0.2, 0.25) is 0 Å². The van der Waals surface area contributed by atoms with Crippen LogP contribution in [0, 0.1) is 0 Å². The topological polar surface area (TPSA) is 158 Å². The number of benzene rings is 2. The molecular weight excluding hydrogens is 795 g/mol. The Morgan fingerprint density at radius 2 is 1.29 bits per heavy atom. The minimum atomic E-state index is -3.34. The van der Waals surface area contributed by atoms with Crippen LogP contribution < -0.4 is 9.80 Å². The summed E-state index contributed by atoms with van der Waals surface area (Å²) in [5.41, 5.74) is 6.19. The third-order valence-corrected chi connectivity index (χ3v) is 14.2. The molecule has 0 amide bonds. The zero-order valence-electron chi connectivity index (χ0n) is 33.7. The number of hydrogen-bond acceptors (Lipinski definition) is 13. The third-order valence-electron chi connectivity index (χ3n) is 10.2. The summed E-state index contributed by atoms with van der Waals surface area (Å²) in [4.78, 5) is 18.6. The number of hydrogen-bond donors (Lipinski definition) is 0. The monoisotopic (exact) mass is 845 g/mol. The Hall–Kier alpha value is -4.52. The first-order chi connectivity index (χ1) is 27.6. The van der Waals surface area contributed by atoms with E-state index in [9.17, 15) is 16.8 Å². The van der Waals surface area contributed by atoms with Crippen LogP contribution in [0.2, 0.25) is 25.7 Å². The number of rotatable bonds is 11. The number of aliphatic imine (C=N–C) groups is 1. The largest absolute Gasteiger partial charge is 0.378 e. The van der Waals surface area contributed by atoms with Gasteiger partial charge < -0.3 is 24.0 Å². The Morgan fingerprint density at radius 3 is 1.90 bits per heavy atom. The van der Waals surface area contributed by atoms with E-state index in [1.807, 2.05) is 41.1 Å². The number of anilines is 2. The van der Waals surface area contributed by atoms with Crippen LogP contribution in [-0.4, -0.2) is 122 Å². The third kappa shape index (κ3) is 10.0. The summed E-state index contributed by atoms with van der Waals surface area (Å²) in [6.07, 6.45) is 6.00. The molecule has 0 saturated carbocycles. The first-order valence-electron chi connectivity index (χ1n) is 19.4. The number of morpholine rings is 2. The molecule has 0 N–H and O–H groups in total. The normalized spacial score (nSPS) is 16.2. The molecule has 2 aromatic carbocycles. The van der Waals surface area contributed by atoms with Gasteiger partial charge in [-0.25, -0.2) is 31.5 Å². The van der Waals surface area contributed by atoms with Crippen LogP contribution in [0.5, 0.6) is 0 Å². The number of sulfone groups is 2. The number of pyridine rings is 2. The van der Waals surface area contributed by atoms with E-state index in [4.69, 9.17) is 19.3 Å². The maximum atomic E-state index is 12.2. The number of nitrogens with zero attached hydrogens (tertiary/aromatic N) is 7. The molecule has 2 fully saturated rings. The van der Waals surface area contributed by atoms with Crippen LogP contribution in [0.1, 0.15) is 16.7 Å². The maximum absolute atomic E-state index is 12.2. The van der Waals surface area contributed by atoms with Gasteiger partial charge in [-0.3, -0.25) is 4.99 Å². The van der Waals surface area contributed by atoms with E-state index in [0.717, 1.165) is 88.4 Å². The predicted molar refractivity (Wildman–Crippen MR) is 229 cm³/mol. The average molecular weight is 846 g/mol. The molecule has 14 nitrogen and oxygen atoms in total. The zero-order chi connectivity index (χ0) is 41.1. The van der Waals surface area contributed by atoms with E-state index in [0.29, 0.717) is 51.2 Å². The molecular formula is C41H51N7O7S2Si. The first kappa shape index (κ1) is 41.6. The lowest BCUT2D eigenvalue weighted by Crippen LogP contribution is -2.36. The smallest absolute Gasteiger partial charge is 0.175 e. The molecule has 3 aromatic heterocycles. The summed E-state index contributed by atoms with van der Waals surface area (Å²) in [6, 6.07) is 19.3. The van der Waals surface area contributed by atoms with Crippen molar-refractivity contribution in [1.82, 2.24) is 19.7 Å².